The average molecular weight is 698 g/mol. The molecule has 9 nitrogen and oxygen atoms in total. The Hall–Kier alpha value is -4.87. The van der Waals surface area contributed by atoms with Crippen LogP contribution in [0.1, 0.15) is 63.9 Å². The van der Waals surface area contributed by atoms with Gasteiger partial charge in [0.05, 0.1) is 24.5 Å². The molecule has 1 aromatic heterocycles. The second-order valence-corrected chi connectivity index (χ2v) is 14.1. The number of thiophene rings is 1. The number of hydrogen-bond acceptors (Lipinski definition) is 8. The topological polar surface area (TPSA) is 123 Å². The highest BCUT2D eigenvalue weighted by molar-refractivity contribution is 8.00. The Bertz CT molecular complexity index is 1870. The SMILES string of the molecule is CCOc1ccccc1/C=C(/NC(=O)c1ccccc1)C(=O)Nc1cccc(SC(C)C(=O)Nc2sc3c(c2C(=O)OC)CCC(C)C3)c1. The highest BCUT2D eigenvalue weighted by Gasteiger charge is 2.30. The van der Waals surface area contributed by atoms with Crippen LogP contribution in [-0.2, 0) is 27.2 Å². The van der Waals surface area contributed by atoms with E-state index in [1.807, 2.05) is 31.2 Å². The number of amides is 3. The second kappa shape index (κ2) is 16.5. The Balaban J connectivity index is 1.32. The molecule has 49 heavy (non-hydrogen) atoms. The Kier molecular flexibility index (Phi) is 11.9. The molecule has 0 saturated heterocycles. The summed E-state index contributed by atoms with van der Waals surface area (Å²) < 4.78 is 10.8. The first-order valence-corrected chi connectivity index (χ1v) is 17.8. The van der Waals surface area contributed by atoms with Gasteiger partial charge in [0.2, 0.25) is 5.91 Å². The van der Waals surface area contributed by atoms with E-state index in [0.717, 1.165) is 34.6 Å². The number of hydrogen-bond donors (Lipinski definition) is 3. The minimum atomic E-state index is -0.533. The first-order chi connectivity index (χ1) is 23.7. The number of anilines is 2. The van der Waals surface area contributed by atoms with Crippen molar-refractivity contribution in [3.8, 4) is 5.75 Å². The van der Waals surface area contributed by atoms with Crippen LogP contribution < -0.4 is 20.7 Å². The van der Waals surface area contributed by atoms with E-state index in [9.17, 15) is 19.2 Å². The van der Waals surface area contributed by atoms with E-state index >= 15 is 0 Å². The summed E-state index contributed by atoms with van der Waals surface area (Å²) in [5, 5.41) is 8.62. The van der Waals surface area contributed by atoms with Crippen molar-refractivity contribution in [1.82, 2.24) is 5.32 Å². The van der Waals surface area contributed by atoms with Gasteiger partial charge in [0.25, 0.3) is 11.8 Å². The van der Waals surface area contributed by atoms with Crippen LogP contribution in [0.3, 0.4) is 0 Å². The van der Waals surface area contributed by atoms with Gasteiger partial charge in [0.15, 0.2) is 0 Å². The summed E-state index contributed by atoms with van der Waals surface area (Å²) in [5.41, 5.74) is 2.97. The zero-order valence-electron chi connectivity index (χ0n) is 27.8. The number of carbonyl (C=O) groups is 4. The van der Waals surface area contributed by atoms with Crippen LogP contribution in [0.4, 0.5) is 10.7 Å². The lowest BCUT2D eigenvalue weighted by atomic mass is 9.88. The molecule has 0 spiro atoms. The smallest absolute Gasteiger partial charge is 0.341 e. The first-order valence-electron chi connectivity index (χ1n) is 16.1. The van der Waals surface area contributed by atoms with Crippen LogP contribution in [0, 0.1) is 5.92 Å². The number of methoxy groups -OCH3 is 1. The molecule has 4 aromatic rings. The lowest BCUT2D eigenvalue weighted by Crippen LogP contribution is -2.30. The van der Waals surface area contributed by atoms with Gasteiger partial charge in [-0.1, -0.05) is 49.4 Å². The molecular weight excluding hydrogens is 659 g/mol. The number of thioether (sulfide) groups is 1. The van der Waals surface area contributed by atoms with Crippen LogP contribution in [0.2, 0.25) is 0 Å². The van der Waals surface area contributed by atoms with Gasteiger partial charge in [0.1, 0.15) is 16.4 Å². The number of rotatable bonds is 12. The van der Waals surface area contributed by atoms with Crippen molar-refractivity contribution < 1.29 is 28.7 Å². The second-order valence-electron chi connectivity index (χ2n) is 11.6. The van der Waals surface area contributed by atoms with Gasteiger partial charge in [-0.15, -0.1) is 23.1 Å². The zero-order valence-corrected chi connectivity index (χ0v) is 29.5. The molecule has 1 heterocycles. The third-order valence-electron chi connectivity index (χ3n) is 7.96. The summed E-state index contributed by atoms with van der Waals surface area (Å²) >= 11 is 2.77. The Labute approximate surface area is 294 Å². The third kappa shape index (κ3) is 8.98. The molecule has 0 radical (unpaired) electrons. The van der Waals surface area contributed by atoms with Gasteiger partial charge in [-0.05, 0) is 87.1 Å². The Morgan fingerprint density at radius 2 is 1.76 bits per heavy atom. The zero-order chi connectivity index (χ0) is 34.9. The fraction of sp³-hybridized carbons (Fsp3) is 0.263. The fourth-order valence-corrected chi connectivity index (χ4v) is 7.79. The number of fused-ring (bicyclic) bond motifs is 1. The predicted molar refractivity (Wildman–Crippen MR) is 195 cm³/mol. The standard InChI is InChI=1S/C38H39N3O6S2/c1-5-47-31-17-10-9-14-26(31)21-30(40-35(43)25-12-7-6-8-13-25)36(44)39-27-15-11-16-28(22-27)48-24(3)34(42)41-37-33(38(45)46-4)29-19-18-23(2)20-32(29)49-37/h6-17,21-24H,5,18-20H2,1-4H3,(H,39,44)(H,40,43)(H,41,42)/b30-21+. The molecule has 1 aliphatic rings. The predicted octanol–water partition coefficient (Wildman–Crippen LogP) is 7.59. The van der Waals surface area contributed by atoms with Crippen molar-refractivity contribution >= 4 is 63.6 Å². The van der Waals surface area contributed by atoms with E-state index in [-0.39, 0.29) is 11.6 Å². The molecule has 0 bridgehead atoms. The van der Waals surface area contributed by atoms with Crippen molar-refractivity contribution in [3.05, 3.63) is 112 Å². The molecule has 1 aliphatic carbocycles. The summed E-state index contributed by atoms with van der Waals surface area (Å²) in [6.45, 7) is 6.28. The van der Waals surface area contributed by atoms with E-state index < -0.39 is 23.0 Å². The van der Waals surface area contributed by atoms with Crippen LogP contribution in [0.25, 0.3) is 6.08 Å². The lowest BCUT2D eigenvalue weighted by Gasteiger charge is -2.18. The quantitative estimate of drug-likeness (QED) is 0.0792. The number of para-hydroxylation sites is 1. The lowest BCUT2D eigenvalue weighted by molar-refractivity contribution is -0.115. The fourth-order valence-electron chi connectivity index (χ4n) is 5.46. The van der Waals surface area contributed by atoms with Crippen LogP contribution >= 0.6 is 23.1 Å². The molecule has 3 aromatic carbocycles. The molecule has 3 N–H and O–H groups in total. The number of nitrogens with one attached hydrogen (secondary N) is 3. The van der Waals surface area contributed by atoms with E-state index in [1.54, 1.807) is 67.6 Å². The largest absolute Gasteiger partial charge is 0.493 e. The highest BCUT2D eigenvalue weighted by Crippen LogP contribution is 2.40. The average Bonchev–Trinajstić information content (AvgIpc) is 3.45. The van der Waals surface area contributed by atoms with Gasteiger partial charge in [0, 0.05) is 26.6 Å². The maximum atomic E-state index is 13.7. The molecule has 2 atom stereocenters. The summed E-state index contributed by atoms with van der Waals surface area (Å²) in [4.78, 5) is 54.7. The van der Waals surface area contributed by atoms with Gasteiger partial charge in [-0.25, -0.2) is 4.79 Å². The minimum Gasteiger partial charge on any atom is -0.493 e. The Morgan fingerprint density at radius 3 is 2.51 bits per heavy atom. The van der Waals surface area contributed by atoms with Crippen LogP contribution in [0.5, 0.6) is 5.75 Å². The van der Waals surface area contributed by atoms with Crippen molar-refractivity contribution in [1.29, 1.82) is 0 Å². The van der Waals surface area contributed by atoms with Gasteiger partial charge in [-0.3, -0.25) is 14.4 Å². The maximum Gasteiger partial charge on any atom is 0.341 e. The molecular formula is C38H39N3O6S2. The molecule has 11 heteroatoms. The molecule has 254 valence electrons. The number of carbonyl (C=O) groups excluding carboxylic acids is 4. The number of ether oxygens (including phenoxy) is 2. The molecule has 2 unspecified atom stereocenters. The van der Waals surface area contributed by atoms with E-state index in [4.69, 9.17) is 9.47 Å². The van der Waals surface area contributed by atoms with E-state index in [1.165, 1.54) is 30.2 Å². The molecule has 3 amide bonds. The normalized spacial score (nSPS) is 14.6. The van der Waals surface area contributed by atoms with Gasteiger partial charge in [-0.2, -0.15) is 0 Å². The van der Waals surface area contributed by atoms with Crippen molar-refractivity contribution in [2.45, 2.75) is 50.2 Å². The summed E-state index contributed by atoms with van der Waals surface area (Å²) in [6.07, 6.45) is 4.21. The molecule has 0 fully saturated rings. The summed E-state index contributed by atoms with van der Waals surface area (Å²) in [5.74, 6) is -0.573. The highest BCUT2D eigenvalue weighted by atomic mass is 32.2. The van der Waals surface area contributed by atoms with Crippen LogP contribution in [0.15, 0.2) is 89.5 Å². The number of benzene rings is 3. The van der Waals surface area contributed by atoms with E-state index in [2.05, 4.69) is 22.9 Å². The van der Waals surface area contributed by atoms with Crippen molar-refractivity contribution in [2.24, 2.45) is 5.92 Å². The molecule has 0 saturated carbocycles. The monoisotopic (exact) mass is 697 g/mol. The maximum absolute atomic E-state index is 13.7. The molecule has 5 rings (SSSR count). The third-order valence-corrected chi connectivity index (χ3v) is 10.2. The molecule has 0 aliphatic heterocycles. The Morgan fingerprint density at radius 1 is 1.00 bits per heavy atom. The van der Waals surface area contributed by atoms with Crippen molar-refractivity contribution in [3.63, 3.8) is 0 Å². The van der Waals surface area contributed by atoms with Crippen LogP contribution in [-0.4, -0.2) is 42.7 Å². The first kappa shape index (κ1) is 35.4. The summed E-state index contributed by atoms with van der Waals surface area (Å²) in [7, 11) is 1.35. The summed E-state index contributed by atoms with van der Waals surface area (Å²) in [6, 6.07) is 23.0. The number of esters is 1. The van der Waals surface area contributed by atoms with E-state index in [0.29, 0.717) is 45.7 Å². The van der Waals surface area contributed by atoms with Crippen molar-refractivity contribution in [2.75, 3.05) is 24.4 Å². The van der Waals surface area contributed by atoms with Gasteiger partial charge < -0.3 is 25.4 Å². The minimum absolute atomic E-state index is 0.0289. The van der Waals surface area contributed by atoms with Gasteiger partial charge >= 0.3 is 5.97 Å².